The lowest BCUT2D eigenvalue weighted by atomic mass is 10.1. The van der Waals surface area contributed by atoms with Gasteiger partial charge in [-0.2, -0.15) is 5.26 Å². The van der Waals surface area contributed by atoms with Gasteiger partial charge in [0.25, 0.3) is 0 Å². The Hall–Kier alpha value is -1.83. The van der Waals surface area contributed by atoms with E-state index in [0.29, 0.717) is 25.3 Å². The van der Waals surface area contributed by atoms with Gasteiger partial charge in [0.1, 0.15) is 6.07 Å². The van der Waals surface area contributed by atoms with Gasteiger partial charge >= 0.3 is 0 Å². The Morgan fingerprint density at radius 2 is 1.95 bits per heavy atom. The highest BCUT2D eigenvalue weighted by Crippen LogP contribution is 2.21. The fourth-order valence-corrected chi connectivity index (χ4v) is 2.40. The van der Waals surface area contributed by atoms with Crippen molar-refractivity contribution in [3.05, 3.63) is 63.6 Å². The van der Waals surface area contributed by atoms with E-state index < -0.39 is 0 Å². The van der Waals surface area contributed by atoms with E-state index in [9.17, 15) is 5.26 Å². The molecule has 0 aliphatic rings. The summed E-state index contributed by atoms with van der Waals surface area (Å²) in [6.07, 6.45) is 0. The van der Waals surface area contributed by atoms with E-state index in [1.807, 2.05) is 37.3 Å². The summed E-state index contributed by atoms with van der Waals surface area (Å²) in [6.45, 7) is 3.97. The van der Waals surface area contributed by atoms with Gasteiger partial charge in [0, 0.05) is 17.6 Å². The van der Waals surface area contributed by atoms with Crippen LogP contribution in [0.15, 0.2) is 46.9 Å². The maximum absolute atomic E-state index is 9.18. The number of hydrogen-bond acceptors (Lipinski definition) is 3. The van der Waals surface area contributed by atoms with Crippen molar-refractivity contribution in [3.8, 4) is 6.07 Å². The topological polar surface area (TPSA) is 45.0 Å². The van der Waals surface area contributed by atoms with Gasteiger partial charge in [-0.1, -0.05) is 40.2 Å². The first-order chi connectivity index (χ1) is 10.2. The van der Waals surface area contributed by atoms with Crippen LogP contribution < -0.4 is 5.32 Å². The van der Waals surface area contributed by atoms with Crippen LogP contribution in [-0.4, -0.2) is 6.61 Å². The van der Waals surface area contributed by atoms with E-state index in [1.54, 1.807) is 0 Å². The van der Waals surface area contributed by atoms with Crippen molar-refractivity contribution in [2.24, 2.45) is 0 Å². The number of nitriles is 1. The number of nitrogens with one attached hydrogen (secondary N) is 1. The quantitative estimate of drug-likeness (QED) is 0.840. The molecule has 0 bridgehead atoms. The lowest BCUT2D eigenvalue weighted by molar-refractivity contribution is 0.133. The van der Waals surface area contributed by atoms with Gasteiger partial charge in [0.15, 0.2) is 0 Å². The summed E-state index contributed by atoms with van der Waals surface area (Å²) < 4.78 is 6.39. The predicted molar refractivity (Wildman–Crippen MR) is 88.0 cm³/mol. The summed E-state index contributed by atoms with van der Waals surface area (Å²) in [5.74, 6) is 0. The molecule has 2 aromatic rings. The van der Waals surface area contributed by atoms with Crippen molar-refractivity contribution < 1.29 is 4.74 Å². The summed E-state index contributed by atoms with van der Waals surface area (Å²) in [5, 5.41) is 12.5. The van der Waals surface area contributed by atoms with Crippen LogP contribution in [-0.2, 0) is 17.9 Å². The minimum atomic E-state index is 0.611. The van der Waals surface area contributed by atoms with E-state index >= 15 is 0 Å². The lowest BCUT2D eigenvalue weighted by Gasteiger charge is -2.12. The molecule has 0 amide bonds. The van der Waals surface area contributed by atoms with Crippen LogP contribution in [0.3, 0.4) is 0 Å². The van der Waals surface area contributed by atoms with Gasteiger partial charge in [-0.3, -0.25) is 0 Å². The van der Waals surface area contributed by atoms with Crippen LogP contribution in [0, 0.1) is 11.3 Å². The minimum Gasteiger partial charge on any atom is -0.380 e. The van der Waals surface area contributed by atoms with Gasteiger partial charge in [-0.15, -0.1) is 0 Å². The zero-order chi connectivity index (χ0) is 15.1. The highest BCUT2D eigenvalue weighted by atomic mass is 79.9. The molecule has 108 valence electrons. The number of halogens is 1. The van der Waals surface area contributed by atoms with Crippen LogP contribution in [0.25, 0.3) is 0 Å². The van der Waals surface area contributed by atoms with Gasteiger partial charge in [-0.25, -0.2) is 0 Å². The fourth-order valence-electron chi connectivity index (χ4n) is 2.04. The van der Waals surface area contributed by atoms with Crippen molar-refractivity contribution in [2.75, 3.05) is 11.9 Å². The van der Waals surface area contributed by atoms with Gasteiger partial charge in [0.2, 0.25) is 0 Å². The average Bonchev–Trinajstić information content (AvgIpc) is 2.52. The molecular formula is C17H17BrN2O. The summed E-state index contributed by atoms with van der Waals surface area (Å²) in [4.78, 5) is 0. The van der Waals surface area contributed by atoms with Crippen LogP contribution in [0.2, 0.25) is 0 Å². The zero-order valence-corrected chi connectivity index (χ0v) is 13.5. The summed E-state index contributed by atoms with van der Waals surface area (Å²) >= 11 is 3.38. The van der Waals surface area contributed by atoms with Gasteiger partial charge in [0.05, 0.1) is 17.9 Å². The average molecular weight is 345 g/mol. The molecule has 1 N–H and O–H groups in total. The first-order valence-electron chi connectivity index (χ1n) is 6.82. The monoisotopic (exact) mass is 344 g/mol. The molecule has 0 aliphatic heterocycles. The van der Waals surface area contributed by atoms with E-state index in [1.165, 1.54) is 11.1 Å². The number of benzene rings is 2. The first kappa shape index (κ1) is 15.6. The molecule has 0 spiro atoms. The number of ether oxygens (including phenoxy) is 1. The third kappa shape index (κ3) is 4.32. The summed E-state index contributed by atoms with van der Waals surface area (Å²) in [7, 11) is 0. The predicted octanol–water partition coefficient (Wildman–Crippen LogP) is 4.47. The Morgan fingerprint density at radius 3 is 2.67 bits per heavy atom. The number of nitrogens with zero attached hydrogens (tertiary/aromatic N) is 1. The van der Waals surface area contributed by atoms with Crippen LogP contribution in [0.1, 0.15) is 23.6 Å². The fraction of sp³-hybridized carbons (Fsp3) is 0.235. The molecule has 0 radical (unpaired) electrons. The number of anilines is 1. The van der Waals surface area contributed by atoms with Crippen LogP contribution in [0.5, 0.6) is 0 Å². The maximum atomic E-state index is 9.18. The second-order valence-electron chi connectivity index (χ2n) is 4.56. The Labute approximate surface area is 133 Å². The second-order valence-corrected chi connectivity index (χ2v) is 5.48. The molecule has 0 heterocycles. The molecule has 3 nitrogen and oxygen atoms in total. The van der Waals surface area contributed by atoms with E-state index in [4.69, 9.17) is 4.74 Å². The van der Waals surface area contributed by atoms with Gasteiger partial charge in [-0.05, 0) is 36.2 Å². The lowest BCUT2D eigenvalue weighted by Crippen LogP contribution is -2.05. The molecule has 2 rings (SSSR count). The van der Waals surface area contributed by atoms with E-state index in [-0.39, 0.29) is 0 Å². The second kappa shape index (κ2) is 7.82. The highest BCUT2D eigenvalue weighted by Gasteiger charge is 2.05. The first-order valence-corrected chi connectivity index (χ1v) is 7.62. The molecule has 21 heavy (non-hydrogen) atoms. The van der Waals surface area contributed by atoms with Crippen molar-refractivity contribution in [1.29, 1.82) is 5.26 Å². The zero-order valence-electron chi connectivity index (χ0n) is 11.9. The van der Waals surface area contributed by atoms with Crippen molar-refractivity contribution in [3.63, 3.8) is 0 Å². The Bertz CT molecular complexity index is 649. The standard InChI is InChI=1S/C17H17BrN2O/c1-2-21-12-14-6-4-3-5-13(14)11-20-17-8-7-16(18)9-15(17)10-19/h3-9,20H,2,11-12H2,1H3. The molecule has 0 atom stereocenters. The van der Waals surface area contributed by atoms with Crippen molar-refractivity contribution >= 4 is 21.6 Å². The molecule has 4 heteroatoms. The third-order valence-electron chi connectivity index (χ3n) is 3.15. The number of hydrogen-bond donors (Lipinski definition) is 1. The molecule has 0 saturated heterocycles. The largest absolute Gasteiger partial charge is 0.380 e. The third-order valence-corrected chi connectivity index (χ3v) is 3.64. The molecule has 0 saturated carbocycles. The Kier molecular flexibility index (Phi) is 5.79. The maximum Gasteiger partial charge on any atom is 0.101 e. The molecule has 0 unspecified atom stereocenters. The Morgan fingerprint density at radius 1 is 1.19 bits per heavy atom. The summed E-state index contributed by atoms with van der Waals surface area (Å²) in [6, 6.07) is 16.0. The number of rotatable bonds is 6. The molecule has 0 aromatic heterocycles. The van der Waals surface area contributed by atoms with Crippen molar-refractivity contribution in [2.45, 2.75) is 20.1 Å². The molecule has 0 fully saturated rings. The highest BCUT2D eigenvalue weighted by molar-refractivity contribution is 9.10. The molecular weight excluding hydrogens is 328 g/mol. The van der Waals surface area contributed by atoms with Crippen LogP contribution in [0.4, 0.5) is 5.69 Å². The van der Waals surface area contributed by atoms with Crippen molar-refractivity contribution in [1.82, 2.24) is 0 Å². The Balaban J connectivity index is 2.12. The van der Waals surface area contributed by atoms with Gasteiger partial charge < -0.3 is 10.1 Å². The van der Waals surface area contributed by atoms with Crippen LogP contribution >= 0.6 is 15.9 Å². The normalized spacial score (nSPS) is 10.1. The smallest absolute Gasteiger partial charge is 0.101 e. The summed E-state index contributed by atoms with van der Waals surface area (Å²) in [5.41, 5.74) is 3.82. The molecule has 0 aliphatic carbocycles. The van der Waals surface area contributed by atoms with E-state index in [2.05, 4.69) is 39.4 Å². The minimum absolute atomic E-state index is 0.611. The van der Waals surface area contributed by atoms with E-state index in [0.717, 1.165) is 10.2 Å². The molecule has 2 aromatic carbocycles. The SMILES string of the molecule is CCOCc1ccccc1CNc1ccc(Br)cc1C#N.